The average molecular weight is 347 g/mol. The van der Waals surface area contributed by atoms with Crippen LogP contribution in [-0.4, -0.2) is 4.21 Å². The minimum atomic E-state index is -1.36. The molecular formula is C22H21NOS. The van der Waals surface area contributed by atoms with Gasteiger partial charge in [0.15, 0.2) is 0 Å². The van der Waals surface area contributed by atoms with E-state index in [1.54, 1.807) is 13.0 Å². The van der Waals surface area contributed by atoms with E-state index >= 15 is 0 Å². The summed E-state index contributed by atoms with van der Waals surface area (Å²) in [5, 5.41) is 9.94. The van der Waals surface area contributed by atoms with E-state index in [1.807, 2.05) is 55.5 Å². The van der Waals surface area contributed by atoms with Crippen LogP contribution in [0.1, 0.15) is 30.9 Å². The molecule has 2 rings (SSSR count). The largest absolute Gasteiger partial charge is 0.249 e. The molecule has 25 heavy (non-hydrogen) atoms. The predicted octanol–water partition coefficient (Wildman–Crippen LogP) is 4.91. The maximum Gasteiger partial charge on any atom is 0.0976 e. The van der Waals surface area contributed by atoms with Crippen molar-refractivity contribution < 1.29 is 4.21 Å². The summed E-state index contributed by atoms with van der Waals surface area (Å²) in [6.07, 6.45) is 2.57. The van der Waals surface area contributed by atoms with Crippen molar-refractivity contribution in [2.75, 3.05) is 0 Å². The van der Waals surface area contributed by atoms with Gasteiger partial charge in [0.2, 0.25) is 0 Å². The maximum atomic E-state index is 13.2. The summed E-state index contributed by atoms with van der Waals surface area (Å²) in [7, 11) is -1.36. The molecule has 2 aromatic rings. The van der Waals surface area contributed by atoms with Gasteiger partial charge in [0.25, 0.3) is 0 Å². The summed E-state index contributed by atoms with van der Waals surface area (Å²) in [5.41, 5.74) is 1.03. The Morgan fingerprint density at radius 1 is 1.20 bits per heavy atom. The summed E-state index contributed by atoms with van der Waals surface area (Å²) in [6.45, 7) is 7.55. The van der Waals surface area contributed by atoms with E-state index < -0.39 is 16.2 Å². The minimum absolute atomic E-state index is 0.383. The molecule has 1 unspecified atom stereocenters. The molecule has 0 amide bonds. The molecule has 2 aromatic carbocycles. The lowest BCUT2D eigenvalue weighted by Gasteiger charge is -2.26. The van der Waals surface area contributed by atoms with Gasteiger partial charge in [0, 0.05) is 16.2 Å². The highest BCUT2D eigenvalue weighted by Crippen LogP contribution is 2.36. The molecule has 0 spiro atoms. The minimum Gasteiger partial charge on any atom is -0.249 e. The highest BCUT2D eigenvalue weighted by Gasteiger charge is 2.34. The molecule has 0 saturated carbocycles. The number of rotatable bonds is 6. The van der Waals surface area contributed by atoms with Crippen molar-refractivity contribution in [3.63, 3.8) is 0 Å². The monoisotopic (exact) mass is 347 g/mol. The Hall–Kier alpha value is -2.62. The molecule has 0 saturated heterocycles. The van der Waals surface area contributed by atoms with E-state index in [4.69, 9.17) is 0 Å². The summed E-state index contributed by atoms with van der Waals surface area (Å²) in [5.74, 6) is 5.88. The van der Waals surface area contributed by atoms with Gasteiger partial charge in [-0.15, -0.1) is 18.4 Å². The third kappa shape index (κ3) is 4.08. The predicted molar refractivity (Wildman–Crippen MR) is 102 cm³/mol. The number of benzene rings is 2. The lowest BCUT2D eigenvalue weighted by Crippen LogP contribution is -2.25. The average Bonchev–Trinajstić information content (AvgIpc) is 2.65. The zero-order chi connectivity index (χ0) is 18.3. The van der Waals surface area contributed by atoms with Crippen LogP contribution in [0.4, 0.5) is 0 Å². The molecule has 0 radical (unpaired) electrons. The Balaban J connectivity index is 2.60. The number of nitriles is 1. The van der Waals surface area contributed by atoms with Crippen LogP contribution < -0.4 is 0 Å². The molecule has 0 aliphatic carbocycles. The van der Waals surface area contributed by atoms with Crippen LogP contribution in [0, 0.1) is 30.1 Å². The summed E-state index contributed by atoms with van der Waals surface area (Å²) in [4.78, 5) is 1.39. The first-order chi connectivity index (χ1) is 12.1. The quantitative estimate of drug-likeness (QED) is 0.550. The van der Waals surface area contributed by atoms with Gasteiger partial charge in [-0.25, -0.2) is 4.21 Å². The highest BCUT2D eigenvalue weighted by atomic mass is 32.2. The van der Waals surface area contributed by atoms with E-state index in [1.165, 1.54) is 0 Å². The molecule has 0 heterocycles. The Morgan fingerprint density at radius 3 is 2.48 bits per heavy atom. The molecule has 0 aliphatic heterocycles. The van der Waals surface area contributed by atoms with E-state index in [-0.39, 0.29) is 0 Å². The fourth-order valence-corrected chi connectivity index (χ4v) is 4.02. The van der Waals surface area contributed by atoms with Crippen LogP contribution in [0.15, 0.2) is 71.0 Å². The Kier molecular flexibility index (Phi) is 6.34. The molecule has 0 aliphatic rings. The van der Waals surface area contributed by atoms with Crippen molar-refractivity contribution in [1.29, 1.82) is 5.26 Å². The van der Waals surface area contributed by atoms with Gasteiger partial charge >= 0.3 is 0 Å². The zero-order valence-electron chi connectivity index (χ0n) is 14.6. The number of aryl methyl sites for hydroxylation is 1. The topological polar surface area (TPSA) is 40.9 Å². The highest BCUT2D eigenvalue weighted by molar-refractivity contribution is 7.85. The summed E-state index contributed by atoms with van der Waals surface area (Å²) >= 11 is 0. The number of hydrogen-bond donors (Lipinski definition) is 0. The van der Waals surface area contributed by atoms with Crippen molar-refractivity contribution >= 4 is 10.8 Å². The van der Waals surface area contributed by atoms with Crippen LogP contribution in [-0.2, 0) is 16.2 Å². The third-order valence-corrected chi connectivity index (χ3v) is 5.57. The summed E-state index contributed by atoms with van der Waals surface area (Å²) < 4.78 is 13.2. The Bertz CT molecular complexity index is 881. The van der Waals surface area contributed by atoms with Gasteiger partial charge in [-0.05, 0) is 44.0 Å². The van der Waals surface area contributed by atoms with Gasteiger partial charge in [-0.1, -0.05) is 42.0 Å². The summed E-state index contributed by atoms with van der Waals surface area (Å²) in [6, 6.07) is 17.5. The first-order valence-corrected chi connectivity index (χ1v) is 9.22. The maximum absolute atomic E-state index is 13.2. The number of hydrogen-bond acceptors (Lipinski definition) is 2. The second-order valence-electron chi connectivity index (χ2n) is 5.87. The third-order valence-electron chi connectivity index (χ3n) is 4.11. The fourth-order valence-electron chi connectivity index (χ4n) is 2.72. The zero-order valence-corrected chi connectivity index (χ0v) is 15.4. The molecule has 3 heteroatoms. The lowest BCUT2D eigenvalue weighted by molar-refractivity contribution is 0.561. The fraction of sp³-hybridized carbons (Fsp3) is 0.227. The van der Waals surface area contributed by atoms with Crippen LogP contribution in [0.3, 0.4) is 0 Å². The van der Waals surface area contributed by atoms with Crippen molar-refractivity contribution in [1.82, 2.24) is 0 Å². The number of nitrogens with zero attached hydrogens (tertiary/aromatic N) is 1. The molecule has 0 fully saturated rings. The Morgan fingerprint density at radius 2 is 1.88 bits per heavy atom. The molecule has 0 aromatic heterocycles. The molecule has 0 N–H and O–H groups in total. The molecule has 126 valence electrons. The first kappa shape index (κ1) is 18.7. The smallest absolute Gasteiger partial charge is 0.0976 e. The molecule has 0 bridgehead atoms. The van der Waals surface area contributed by atoms with Gasteiger partial charge in [0.05, 0.1) is 22.3 Å². The second kappa shape index (κ2) is 8.47. The van der Waals surface area contributed by atoms with Gasteiger partial charge < -0.3 is 0 Å². The van der Waals surface area contributed by atoms with Crippen molar-refractivity contribution in [3.8, 4) is 17.9 Å². The molecule has 2 nitrogen and oxygen atoms in total. The molecule has 2 atom stereocenters. The number of allylic oxidation sites excluding steroid dienone is 1. The van der Waals surface area contributed by atoms with E-state index in [9.17, 15) is 9.47 Å². The van der Waals surface area contributed by atoms with E-state index in [2.05, 4.69) is 24.5 Å². The van der Waals surface area contributed by atoms with Gasteiger partial charge in [-0.3, -0.25) is 0 Å². The van der Waals surface area contributed by atoms with Crippen LogP contribution in [0.25, 0.3) is 0 Å². The molecular weight excluding hydrogens is 326 g/mol. The van der Waals surface area contributed by atoms with Crippen molar-refractivity contribution in [3.05, 3.63) is 72.3 Å². The van der Waals surface area contributed by atoms with E-state index in [0.29, 0.717) is 17.7 Å². The van der Waals surface area contributed by atoms with Crippen molar-refractivity contribution in [2.45, 2.75) is 41.9 Å². The van der Waals surface area contributed by atoms with Gasteiger partial charge in [0.1, 0.15) is 0 Å². The van der Waals surface area contributed by atoms with Crippen LogP contribution >= 0.6 is 0 Å². The lowest BCUT2D eigenvalue weighted by atomic mass is 9.76. The van der Waals surface area contributed by atoms with Gasteiger partial charge in [-0.2, -0.15) is 5.26 Å². The van der Waals surface area contributed by atoms with Crippen molar-refractivity contribution in [2.24, 2.45) is 0 Å². The normalized spacial score (nSPS) is 13.6. The SMILES string of the molecule is C=CC[C@](C#N)(CC#CC)c1ccccc1S(=O)c1ccc(C)cc1. The first-order valence-electron chi connectivity index (χ1n) is 8.07. The second-order valence-corrected chi connectivity index (χ2v) is 7.32. The van der Waals surface area contributed by atoms with E-state index in [0.717, 1.165) is 16.0 Å². The standard InChI is InChI=1S/C22H21NOS/c1-4-6-16-22(17-23,15-5-2)20-9-7-8-10-21(20)25(24)19-13-11-18(3)12-14-19/h5,7-14H,2,15-16H2,1,3H3/t22-,25?/m1/s1. The van der Waals surface area contributed by atoms with Crippen LogP contribution in [0.2, 0.25) is 0 Å². The Labute approximate surface area is 152 Å². The van der Waals surface area contributed by atoms with Crippen LogP contribution in [0.5, 0.6) is 0 Å².